The maximum atomic E-state index is 6.19. The molecule has 22 heavy (non-hydrogen) atoms. The molecule has 0 saturated heterocycles. The van der Waals surface area contributed by atoms with Crippen LogP contribution >= 0.6 is 35.0 Å². The van der Waals surface area contributed by atoms with Gasteiger partial charge in [0.25, 0.3) is 0 Å². The van der Waals surface area contributed by atoms with Crippen LogP contribution in [0, 0.1) is 0 Å². The molecule has 1 nitrogen and oxygen atoms in total. The number of hydrogen-bond donors (Lipinski definition) is 0. The summed E-state index contributed by atoms with van der Waals surface area (Å²) in [6.07, 6.45) is 1.75. The molecular weight excluding hydrogens is 335 g/mol. The number of hydrogen-bond acceptors (Lipinski definition) is 2. The van der Waals surface area contributed by atoms with Gasteiger partial charge in [0.15, 0.2) is 0 Å². The number of fused-ring (bicyclic) bond motifs is 2. The Labute approximate surface area is 146 Å². The highest BCUT2D eigenvalue weighted by atomic mass is 35.5. The van der Waals surface area contributed by atoms with Crippen LogP contribution in [0.25, 0.3) is 0 Å². The third-order valence-electron chi connectivity index (χ3n) is 4.37. The Hall–Kier alpha value is -0.830. The Morgan fingerprint density at radius 3 is 2.32 bits per heavy atom. The molecule has 116 valence electrons. The van der Waals surface area contributed by atoms with Crippen molar-refractivity contribution in [2.75, 3.05) is 18.9 Å². The summed E-state index contributed by atoms with van der Waals surface area (Å²) in [5.74, 6) is 2.09. The number of alkyl halides is 2. The van der Waals surface area contributed by atoms with Crippen molar-refractivity contribution >= 4 is 35.0 Å². The van der Waals surface area contributed by atoms with Gasteiger partial charge >= 0.3 is 0 Å². The standard InChI is InChI=1S/C18H18Cl2OS/c1-21-13-6-7-17-15(12-13)18(8-10-19,9-11-20)14-4-2-3-5-16(14)22-17/h2-7,12H,8-11H2,1H3. The molecule has 1 aliphatic rings. The molecule has 3 rings (SSSR count). The van der Waals surface area contributed by atoms with Crippen molar-refractivity contribution in [3.63, 3.8) is 0 Å². The summed E-state index contributed by atoms with van der Waals surface area (Å²) in [4.78, 5) is 2.57. The average Bonchev–Trinajstić information content (AvgIpc) is 2.55. The summed E-state index contributed by atoms with van der Waals surface area (Å²) in [5, 5.41) is 0. The SMILES string of the molecule is COc1ccc2c(c1)C(CCCl)(CCCl)c1ccccc1S2. The van der Waals surface area contributed by atoms with E-state index in [-0.39, 0.29) is 5.41 Å². The van der Waals surface area contributed by atoms with Crippen LogP contribution in [0.1, 0.15) is 24.0 Å². The van der Waals surface area contributed by atoms with Gasteiger partial charge in [-0.2, -0.15) is 0 Å². The molecule has 0 aliphatic carbocycles. The van der Waals surface area contributed by atoms with Crippen molar-refractivity contribution in [3.8, 4) is 5.75 Å². The molecular formula is C18H18Cl2OS. The molecule has 1 heterocycles. The quantitative estimate of drug-likeness (QED) is 0.638. The van der Waals surface area contributed by atoms with E-state index in [0.29, 0.717) is 11.8 Å². The van der Waals surface area contributed by atoms with Crippen molar-refractivity contribution in [2.45, 2.75) is 28.0 Å². The van der Waals surface area contributed by atoms with Crippen molar-refractivity contribution in [2.24, 2.45) is 0 Å². The normalized spacial score (nSPS) is 15.0. The molecule has 0 unspecified atom stereocenters. The van der Waals surface area contributed by atoms with Crippen LogP contribution < -0.4 is 4.74 Å². The van der Waals surface area contributed by atoms with E-state index < -0.39 is 0 Å². The van der Waals surface area contributed by atoms with Crippen LogP contribution in [0.15, 0.2) is 52.3 Å². The summed E-state index contributed by atoms with van der Waals surface area (Å²) in [7, 11) is 1.70. The number of halogens is 2. The molecule has 0 atom stereocenters. The Balaban J connectivity index is 2.25. The monoisotopic (exact) mass is 352 g/mol. The molecule has 4 heteroatoms. The minimum atomic E-state index is -0.130. The molecule has 0 fully saturated rings. The van der Waals surface area contributed by atoms with E-state index in [2.05, 4.69) is 36.4 Å². The summed E-state index contributed by atoms with van der Waals surface area (Å²) >= 11 is 14.2. The molecule has 0 N–H and O–H groups in total. The molecule has 0 radical (unpaired) electrons. The number of rotatable bonds is 5. The van der Waals surface area contributed by atoms with E-state index in [1.807, 2.05) is 17.8 Å². The first kappa shape index (κ1) is 16.0. The smallest absolute Gasteiger partial charge is 0.119 e. The van der Waals surface area contributed by atoms with Crippen LogP contribution in [0.5, 0.6) is 5.75 Å². The summed E-state index contributed by atoms with van der Waals surface area (Å²) < 4.78 is 5.44. The van der Waals surface area contributed by atoms with Gasteiger partial charge in [-0.15, -0.1) is 23.2 Å². The first-order valence-electron chi connectivity index (χ1n) is 7.33. The molecule has 0 bridgehead atoms. The van der Waals surface area contributed by atoms with E-state index in [1.54, 1.807) is 7.11 Å². The van der Waals surface area contributed by atoms with Crippen LogP contribution in [0.4, 0.5) is 0 Å². The van der Waals surface area contributed by atoms with Crippen LogP contribution in [0.3, 0.4) is 0 Å². The zero-order valence-corrected chi connectivity index (χ0v) is 14.8. The van der Waals surface area contributed by atoms with Crippen LogP contribution in [0.2, 0.25) is 0 Å². The molecule has 0 amide bonds. The minimum Gasteiger partial charge on any atom is -0.497 e. The maximum absolute atomic E-state index is 6.19. The molecule has 2 aromatic carbocycles. The first-order chi connectivity index (χ1) is 10.7. The summed E-state index contributed by atoms with van der Waals surface area (Å²) in [5.41, 5.74) is 2.49. The molecule has 0 aromatic heterocycles. The van der Waals surface area contributed by atoms with Gasteiger partial charge in [-0.3, -0.25) is 0 Å². The van der Waals surface area contributed by atoms with E-state index >= 15 is 0 Å². The fourth-order valence-corrected chi connectivity index (χ4v) is 5.20. The van der Waals surface area contributed by atoms with E-state index in [9.17, 15) is 0 Å². The predicted molar refractivity (Wildman–Crippen MR) is 95.0 cm³/mol. The lowest BCUT2D eigenvalue weighted by molar-refractivity contribution is 0.408. The Bertz CT molecular complexity index is 666. The second-order valence-corrected chi connectivity index (χ2v) is 7.26. The molecule has 0 spiro atoms. The van der Waals surface area contributed by atoms with Gasteiger partial charge in [-0.05, 0) is 48.2 Å². The van der Waals surface area contributed by atoms with Crippen molar-refractivity contribution < 1.29 is 4.74 Å². The number of ether oxygens (including phenoxy) is 1. The van der Waals surface area contributed by atoms with Gasteiger partial charge in [-0.25, -0.2) is 0 Å². The van der Waals surface area contributed by atoms with Gasteiger partial charge in [-0.1, -0.05) is 30.0 Å². The lowest BCUT2D eigenvalue weighted by Gasteiger charge is -2.40. The van der Waals surface area contributed by atoms with Gasteiger partial charge in [0, 0.05) is 27.0 Å². The van der Waals surface area contributed by atoms with Crippen molar-refractivity contribution in [3.05, 3.63) is 53.6 Å². The fraction of sp³-hybridized carbons (Fsp3) is 0.333. The number of benzene rings is 2. The largest absolute Gasteiger partial charge is 0.497 e. The third-order valence-corrected chi connectivity index (χ3v) is 5.90. The highest BCUT2D eigenvalue weighted by molar-refractivity contribution is 7.99. The summed E-state index contributed by atoms with van der Waals surface area (Å²) in [6.45, 7) is 0. The average molecular weight is 353 g/mol. The Morgan fingerprint density at radius 1 is 0.955 bits per heavy atom. The second-order valence-electron chi connectivity index (χ2n) is 5.42. The van der Waals surface area contributed by atoms with Gasteiger partial charge in [0.05, 0.1) is 7.11 Å². The van der Waals surface area contributed by atoms with Crippen molar-refractivity contribution in [1.82, 2.24) is 0 Å². The van der Waals surface area contributed by atoms with Gasteiger partial charge < -0.3 is 4.74 Å². The van der Waals surface area contributed by atoms with E-state index in [4.69, 9.17) is 27.9 Å². The van der Waals surface area contributed by atoms with Crippen molar-refractivity contribution in [1.29, 1.82) is 0 Å². The first-order valence-corrected chi connectivity index (χ1v) is 9.21. The van der Waals surface area contributed by atoms with E-state index in [0.717, 1.165) is 18.6 Å². The topological polar surface area (TPSA) is 9.23 Å². The molecule has 0 saturated carbocycles. The van der Waals surface area contributed by atoms with Gasteiger partial charge in [0.2, 0.25) is 0 Å². The molecule has 1 aliphatic heterocycles. The fourth-order valence-electron chi connectivity index (χ4n) is 3.30. The van der Waals surface area contributed by atoms with Crippen LogP contribution in [-0.4, -0.2) is 18.9 Å². The van der Waals surface area contributed by atoms with Crippen LogP contribution in [-0.2, 0) is 5.41 Å². The predicted octanol–water partition coefficient (Wildman–Crippen LogP) is 5.70. The zero-order valence-electron chi connectivity index (χ0n) is 12.4. The Morgan fingerprint density at radius 2 is 1.64 bits per heavy atom. The highest BCUT2D eigenvalue weighted by Gasteiger charge is 2.40. The summed E-state index contributed by atoms with van der Waals surface area (Å²) in [6, 6.07) is 14.9. The molecule has 2 aromatic rings. The zero-order chi connectivity index (χ0) is 15.6. The Kier molecular flexibility index (Phi) is 4.91. The lowest BCUT2D eigenvalue weighted by atomic mass is 9.70. The van der Waals surface area contributed by atoms with Gasteiger partial charge in [0.1, 0.15) is 5.75 Å². The number of methoxy groups -OCH3 is 1. The lowest BCUT2D eigenvalue weighted by Crippen LogP contribution is -2.32. The maximum Gasteiger partial charge on any atom is 0.119 e. The highest BCUT2D eigenvalue weighted by Crippen LogP contribution is 2.53. The third kappa shape index (κ3) is 2.62. The van der Waals surface area contributed by atoms with E-state index in [1.165, 1.54) is 20.9 Å². The minimum absolute atomic E-state index is 0.130. The second kappa shape index (κ2) is 6.74.